The van der Waals surface area contributed by atoms with Crippen LogP contribution in [-0.4, -0.2) is 47.4 Å². The summed E-state index contributed by atoms with van der Waals surface area (Å²) in [7, 11) is -1.08. The highest BCUT2D eigenvalue weighted by molar-refractivity contribution is 7.99. The SMILES string of the molecule is COc1ccc(S(=O)(=O)N(CC(=O)NCCCSc2ccccc2)c2ccccc2OC)cc1. The molecule has 3 aromatic rings. The van der Waals surface area contributed by atoms with Crippen LogP contribution in [0.25, 0.3) is 0 Å². The van der Waals surface area contributed by atoms with Gasteiger partial charge in [-0.15, -0.1) is 11.8 Å². The summed E-state index contributed by atoms with van der Waals surface area (Å²) in [5.74, 6) is 1.33. The molecule has 1 amide bonds. The molecule has 3 aromatic carbocycles. The fourth-order valence-corrected chi connectivity index (χ4v) is 5.51. The van der Waals surface area contributed by atoms with Crippen molar-refractivity contribution in [2.24, 2.45) is 0 Å². The number of methoxy groups -OCH3 is 2. The number of nitrogens with zero attached hydrogens (tertiary/aromatic N) is 1. The van der Waals surface area contributed by atoms with E-state index in [1.54, 1.807) is 48.2 Å². The zero-order valence-corrected chi connectivity index (χ0v) is 20.8. The van der Waals surface area contributed by atoms with Gasteiger partial charge in [0.05, 0.1) is 24.8 Å². The molecule has 3 rings (SSSR count). The van der Waals surface area contributed by atoms with Crippen LogP contribution < -0.4 is 19.1 Å². The number of thioether (sulfide) groups is 1. The minimum absolute atomic E-state index is 0.0475. The van der Waals surface area contributed by atoms with Crippen LogP contribution in [0.4, 0.5) is 5.69 Å². The molecule has 0 radical (unpaired) electrons. The van der Waals surface area contributed by atoms with Gasteiger partial charge in [0.2, 0.25) is 5.91 Å². The lowest BCUT2D eigenvalue weighted by Crippen LogP contribution is -2.41. The third-order valence-corrected chi connectivity index (χ3v) is 7.82. The monoisotopic (exact) mass is 500 g/mol. The fraction of sp³-hybridized carbons (Fsp3) is 0.240. The molecule has 0 bridgehead atoms. The summed E-state index contributed by atoms with van der Waals surface area (Å²) in [4.78, 5) is 14.0. The van der Waals surface area contributed by atoms with Crippen LogP contribution >= 0.6 is 11.8 Å². The highest BCUT2D eigenvalue weighted by Crippen LogP contribution is 2.32. The van der Waals surface area contributed by atoms with Gasteiger partial charge in [-0.25, -0.2) is 8.42 Å². The van der Waals surface area contributed by atoms with Crippen LogP contribution in [-0.2, 0) is 14.8 Å². The van der Waals surface area contributed by atoms with Crippen LogP contribution in [0.15, 0.2) is 88.7 Å². The molecule has 1 N–H and O–H groups in total. The molecule has 0 saturated heterocycles. The zero-order chi connectivity index (χ0) is 24.4. The van der Waals surface area contributed by atoms with Crippen molar-refractivity contribution < 1.29 is 22.7 Å². The summed E-state index contributed by atoms with van der Waals surface area (Å²) < 4.78 is 38.6. The number of rotatable bonds is 12. The maximum absolute atomic E-state index is 13.5. The Hall–Kier alpha value is -3.17. The van der Waals surface area contributed by atoms with E-state index >= 15 is 0 Å². The van der Waals surface area contributed by atoms with Crippen molar-refractivity contribution in [3.8, 4) is 11.5 Å². The van der Waals surface area contributed by atoms with Gasteiger partial charge in [0.15, 0.2) is 0 Å². The van der Waals surface area contributed by atoms with E-state index in [1.165, 1.54) is 31.2 Å². The normalized spacial score (nSPS) is 11.0. The van der Waals surface area contributed by atoms with E-state index in [2.05, 4.69) is 5.32 Å². The Balaban J connectivity index is 1.71. The third kappa shape index (κ3) is 6.68. The molecule has 34 heavy (non-hydrogen) atoms. The van der Waals surface area contributed by atoms with Gasteiger partial charge in [0.25, 0.3) is 10.0 Å². The Morgan fingerprint density at radius 3 is 2.26 bits per heavy atom. The Bertz CT molecular complexity index is 1170. The summed E-state index contributed by atoms with van der Waals surface area (Å²) in [5.41, 5.74) is 0.288. The second-order valence-corrected chi connectivity index (χ2v) is 10.3. The summed E-state index contributed by atoms with van der Waals surface area (Å²) in [6.07, 6.45) is 0.755. The Kier molecular flexibility index (Phi) is 9.24. The largest absolute Gasteiger partial charge is 0.497 e. The average Bonchev–Trinajstić information content (AvgIpc) is 2.87. The number of nitrogens with one attached hydrogen (secondary N) is 1. The number of hydrogen-bond donors (Lipinski definition) is 1. The number of para-hydroxylation sites is 2. The molecule has 7 nitrogen and oxygen atoms in total. The van der Waals surface area contributed by atoms with E-state index in [9.17, 15) is 13.2 Å². The van der Waals surface area contributed by atoms with Gasteiger partial charge < -0.3 is 14.8 Å². The number of sulfonamides is 1. The molecule has 0 aliphatic carbocycles. The minimum atomic E-state index is -4.05. The molecule has 0 saturated carbocycles. The van der Waals surface area contributed by atoms with E-state index in [0.29, 0.717) is 18.0 Å². The number of amides is 1. The minimum Gasteiger partial charge on any atom is -0.497 e. The predicted molar refractivity (Wildman–Crippen MR) is 135 cm³/mol. The third-order valence-electron chi connectivity index (χ3n) is 4.94. The number of carbonyl (C=O) groups excluding carboxylic acids is 1. The van der Waals surface area contributed by atoms with E-state index in [0.717, 1.165) is 16.5 Å². The molecule has 0 fully saturated rings. The highest BCUT2D eigenvalue weighted by Gasteiger charge is 2.29. The van der Waals surface area contributed by atoms with Crippen LogP contribution in [0.5, 0.6) is 11.5 Å². The second-order valence-electron chi connectivity index (χ2n) is 7.22. The standard InChI is InChI=1S/C25H28N2O5S2/c1-31-20-13-15-22(16-14-20)34(29,30)27(23-11-6-7-12-24(23)32-2)19-25(28)26-17-8-18-33-21-9-4-3-5-10-21/h3-7,9-16H,8,17-19H2,1-2H3,(H,26,28). The van der Waals surface area contributed by atoms with Gasteiger partial charge in [-0.1, -0.05) is 30.3 Å². The van der Waals surface area contributed by atoms with Crippen LogP contribution in [0.3, 0.4) is 0 Å². The second kappa shape index (κ2) is 12.3. The summed E-state index contributed by atoms with van der Waals surface area (Å²) in [6, 6.07) is 22.8. The summed E-state index contributed by atoms with van der Waals surface area (Å²) in [5, 5.41) is 2.83. The topological polar surface area (TPSA) is 84.9 Å². The molecule has 9 heteroatoms. The van der Waals surface area contributed by atoms with Crippen molar-refractivity contribution in [1.82, 2.24) is 5.32 Å². The summed E-state index contributed by atoms with van der Waals surface area (Å²) in [6.45, 7) is 0.0710. The first kappa shape index (κ1) is 25.5. The van der Waals surface area contributed by atoms with E-state index in [1.807, 2.05) is 30.3 Å². The lowest BCUT2D eigenvalue weighted by molar-refractivity contribution is -0.119. The molecule has 0 heterocycles. The lowest BCUT2D eigenvalue weighted by atomic mass is 10.3. The molecule has 180 valence electrons. The van der Waals surface area contributed by atoms with Gasteiger partial charge in [0.1, 0.15) is 18.0 Å². The number of benzene rings is 3. The smallest absolute Gasteiger partial charge is 0.264 e. The molecular weight excluding hydrogens is 472 g/mol. The summed E-state index contributed by atoms with van der Waals surface area (Å²) >= 11 is 1.71. The van der Waals surface area contributed by atoms with Crippen LogP contribution in [0.2, 0.25) is 0 Å². The number of carbonyl (C=O) groups is 1. The van der Waals surface area contributed by atoms with Crippen molar-refractivity contribution >= 4 is 33.4 Å². The molecule has 0 aliphatic rings. The maximum atomic E-state index is 13.5. The highest BCUT2D eigenvalue weighted by atomic mass is 32.2. The molecular formula is C25H28N2O5S2. The Labute approximate surface area is 205 Å². The fourth-order valence-electron chi connectivity index (χ4n) is 3.20. The van der Waals surface area contributed by atoms with Gasteiger partial charge in [0, 0.05) is 11.4 Å². The van der Waals surface area contributed by atoms with E-state index in [4.69, 9.17) is 9.47 Å². The molecule has 0 aromatic heterocycles. The van der Waals surface area contributed by atoms with Crippen molar-refractivity contribution in [3.63, 3.8) is 0 Å². The van der Waals surface area contributed by atoms with Crippen LogP contribution in [0, 0.1) is 0 Å². The number of anilines is 1. The number of hydrogen-bond acceptors (Lipinski definition) is 6. The number of ether oxygens (including phenoxy) is 2. The quantitative estimate of drug-likeness (QED) is 0.296. The van der Waals surface area contributed by atoms with Crippen molar-refractivity contribution in [2.75, 3.05) is 37.4 Å². The molecule has 0 aliphatic heterocycles. The predicted octanol–water partition coefficient (Wildman–Crippen LogP) is 4.20. The van der Waals surface area contributed by atoms with Crippen molar-refractivity contribution in [3.05, 3.63) is 78.9 Å². The van der Waals surface area contributed by atoms with E-state index in [-0.39, 0.29) is 17.1 Å². The molecule has 0 unspecified atom stereocenters. The van der Waals surface area contributed by atoms with Crippen molar-refractivity contribution in [1.29, 1.82) is 0 Å². The van der Waals surface area contributed by atoms with Gasteiger partial charge in [-0.2, -0.15) is 0 Å². The van der Waals surface area contributed by atoms with Gasteiger partial charge in [-0.05, 0) is 60.7 Å². The average molecular weight is 501 g/mol. The molecule has 0 spiro atoms. The lowest BCUT2D eigenvalue weighted by Gasteiger charge is -2.25. The first-order chi connectivity index (χ1) is 16.5. The maximum Gasteiger partial charge on any atom is 0.264 e. The first-order valence-electron chi connectivity index (χ1n) is 10.7. The van der Waals surface area contributed by atoms with Gasteiger partial charge in [-0.3, -0.25) is 9.10 Å². The van der Waals surface area contributed by atoms with Gasteiger partial charge >= 0.3 is 0 Å². The molecule has 0 atom stereocenters. The van der Waals surface area contributed by atoms with Crippen LogP contribution in [0.1, 0.15) is 6.42 Å². The Morgan fingerprint density at radius 1 is 0.912 bits per heavy atom. The van der Waals surface area contributed by atoms with E-state index < -0.39 is 15.9 Å². The Morgan fingerprint density at radius 2 is 1.59 bits per heavy atom. The first-order valence-corrected chi connectivity index (χ1v) is 13.1. The van der Waals surface area contributed by atoms with Crippen molar-refractivity contribution in [2.45, 2.75) is 16.2 Å². The zero-order valence-electron chi connectivity index (χ0n) is 19.1.